The van der Waals surface area contributed by atoms with Crippen LogP contribution in [0.4, 0.5) is 0 Å². The Kier molecular flexibility index (Phi) is 3.19. The molecule has 1 heterocycles. The molecule has 0 fully saturated rings. The van der Waals surface area contributed by atoms with Crippen LogP contribution in [0, 0.1) is 19.3 Å². The monoisotopic (exact) mass is 247 g/mol. The number of nitrogens with one attached hydrogen (secondary N) is 1. The first-order chi connectivity index (χ1) is 8.06. The van der Waals surface area contributed by atoms with Crippen molar-refractivity contribution in [2.75, 3.05) is 0 Å². The van der Waals surface area contributed by atoms with Crippen molar-refractivity contribution in [3.63, 3.8) is 0 Å². The fourth-order valence-electron chi connectivity index (χ4n) is 1.48. The van der Waals surface area contributed by atoms with Crippen molar-refractivity contribution in [3.8, 4) is 0 Å². The third kappa shape index (κ3) is 2.68. The SMILES string of the molecule is Cc1coc(Sc2ccc(C(=N)N)c(C)c2)n1. The van der Waals surface area contributed by atoms with E-state index in [1.54, 1.807) is 6.26 Å². The first-order valence-corrected chi connectivity index (χ1v) is 5.93. The highest BCUT2D eigenvalue weighted by molar-refractivity contribution is 7.99. The Morgan fingerprint density at radius 1 is 1.41 bits per heavy atom. The Morgan fingerprint density at radius 3 is 2.71 bits per heavy atom. The quantitative estimate of drug-likeness (QED) is 0.646. The van der Waals surface area contributed by atoms with E-state index in [2.05, 4.69) is 4.98 Å². The average molecular weight is 247 g/mol. The van der Waals surface area contributed by atoms with E-state index < -0.39 is 0 Å². The number of nitrogens with two attached hydrogens (primary N) is 1. The molecule has 4 nitrogen and oxygen atoms in total. The summed E-state index contributed by atoms with van der Waals surface area (Å²) in [5, 5.41) is 8.03. The lowest BCUT2D eigenvalue weighted by Crippen LogP contribution is -2.12. The van der Waals surface area contributed by atoms with Crippen LogP contribution >= 0.6 is 11.8 Å². The smallest absolute Gasteiger partial charge is 0.260 e. The largest absolute Gasteiger partial charge is 0.439 e. The number of hydrogen-bond donors (Lipinski definition) is 2. The Labute approximate surface area is 104 Å². The molecule has 0 aliphatic rings. The Bertz CT molecular complexity index is 563. The maximum absolute atomic E-state index is 7.41. The van der Waals surface area contributed by atoms with Crippen LogP contribution in [0.3, 0.4) is 0 Å². The molecule has 0 amide bonds. The van der Waals surface area contributed by atoms with Crippen LogP contribution in [0.15, 0.2) is 39.0 Å². The number of benzene rings is 1. The third-order valence-corrected chi connectivity index (χ3v) is 3.14. The molecule has 1 aromatic carbocycles. The van der Waals surface area contributed by atoms with Crippen molar-refractivity contribution < 1.29 is 4.42 Å². The topological polar surface area (TPSA) is 75.9 Å². The minimum absolute atomic E-state index is 0.0889. The first-order valence-electron chi connectivity index (χ1n) is 5.11. The van der Waals surface area contributed by atoms with Gasteiger partial charge in [-0.2, -0.15) is 0 Å². The minimum atomic E-state index is 0.0889. The van der Waals surface area contributed by atoms with Gasteiger partial charge in [0.1, 0.15) is 12.1 Å². The van der Waals surface area contributed by atoms with Crippen molar-refractivity contribution in [1.29, 1.82) is 5.41 Å². The molecule has 1 aromatic heterocycles. The molecule has 2 aromatic rings. The number of rotatable bonds is 3. The van der Waals surface area contributed by atoms with Gasteiger partial charge in [-0.25, -0.2) is 4.98 Å². The number of aromatic nitrogens is 1. The first kappa shape index (κ1) is 11.7. The molecule has 0 saturated carbocycles. The van der Waals surface area contributed by atoms with Gasteiger partial charge in [-0.15, -0.1) is 0 Å². The average Bonchev–Trinajstić information content (AvgIpc) is 2.63. The van der Waals surface area contributed by atoms with Crippen molar-refractivity contribution in [1.82, 2.24) is 4.98 Å². The number of aryl methyl sites for hydroxylation is 2. The normalized spacial score (nSPS) is 10.5. The molecule has 0 unspecified atom stereocenters. The highest BCUT2D eigenvalue weighted by Crippen LogP contribution is 2.28. The van der Waals surface area contributed by atoms with Gasteiger partial charge in [0.15, 0.2) is 0 Å². The van der Waals surface area contributed by atoms with E-state index in [0.29, 0.717) is 5.22 Å². The fourth-order valence-corrected chi connectivity index (χ4v) is 2.34. The molecule has 5 heteroatoms. The summed E-state index contributed by atoms with van der Waals surface area (Å²) >= 11 is 1.45. The van der Waals surface area contributed by atoms with Crippen LogP contribution in [0.5, 0.6) is 0 Å². The lowest BCUT2D eigenvalue weighted by atomic mass is 10.1. The molecule has 0 radical (unpaired) electrons. The van der Waals surface area contributed by atoms with Gasteiger partial charge in [0, 0.05) is 10.5 Å². The zero-order chi connectivity index (χ0) is 12.4. The van der Waals surface area contributed by atoms with Crippen LogP contribution in [0.2, 0.25) is 0 Å². The second-order valence-corrected chi connectivity index (χ2v) is 4.77. The summed E-state index contributed by atoms with van der Waals surface area (Å²) in [5.74, 6) is 0.0889. The van der Waals surface area contributed by atoms with Crippen LogP contribution in [-0.4, -0.2) is 10.8 Å². The van der Waals surface area contributed by atoms with Gasteiger partial charge >= 0.3 is 0 Å². The van der Waals surface area contributed by atoms with Crippen LogP contribution < -0.4 is 5.73 Å². The summed E-state index contributed by atoms with van der Waals surface area (Å²) in [6, 6.07) is 5.73. The molecular weight excluding hydrogens is 234 g/mol. The Hall–Kier alpha value is -1.75. The van der Waals surface area contributed by atoms with Crippen molar-refractivity contribution in [3.05, 3.63) is 41.3 Å². The van der Waals surface area contributed by atoms with Gasteiger partial charge in [0.25, 0.3) is 5.22 Å². The van der Waals surface area contributed by atoms with Crippen molar-refractivity contribution in [2.45, 2.75) is 24.0 Å². The minimum Gasteiger partial charge on any atom is -0.439 e. The van der Waals surface area contributed by atoms with Gasteiger partial charge in [-0.3, -0.25) is 5.41 Å². The molecule has 0 bridgehead atoms. The van der Waals surface area contributed by atoms with E-state index in [9.17, 15) is 0 Å². The van der Waals surface area contributed by atoms with Crippen LogP contribution in [-0.2, 0) is 0 Å². The summed E-state index contributed by atoms with van der Waals surface area (Å²) in [6.07, 6.45) is 1.62. The van der Waals surface area contributed by atoms with Gasteiger partial charge in [0.2, 0.25) is 0 Å². The standard InChI is InChI=1S/C12H13N3OS/c1-7-5-9(3-4-10(7)11(13)14)17-12-15-8(2)6-16-12/h3-6H,1-2H3,(H3,13,14). The molecule has 3 N–H and O–H groups in total. The summed E-state index contributed by atoms with van der Waals surface area (Å²) in [4.78, 5) is 5.25. The van der Waals surface area contributed by atoms with Gasteiger partial charge < -0.3 is 10.2 Å². The van der Waals surface area contributed by atoms with Crippen LogP contribution in [0.25, 0.3) is 0 Å². The lowest BCUT2D eigenvalue weighted by molar-refractivity contribution is 0.454. The predicted molar refractivity (Wildman–Crippen MR) is 67.6 cm³/mol. The summed E-state index contributed by atoms with van der Waals surface area (Å²) < 4.78 is 5.27. The molecule has 0 aliphatic heterocycles. The molecule has 17 heavy (non-hydrogen) atoms. The molecule has 88 valence electrons. The maximum atomic E-state index is 7.41. The van der Waals surface area contributed by atoms with Gasteiger partial charge in [-0.1, -0.05) is 0 Å². The van der Waals surface area contributed by atoms with Crippen LogP contribution in [0.1, 0.15) is 16.8 Å². The number of oxazole rings is 1. The van der Waals surface area contributed by atoms with E-state index in [-0.39, 0.29) is 5.84 Å². The highest BCUT2D eigenvalue weighted by Gasteiger charge is 2.06. The summed E-state index contributed by atoms with van der Waals surface area (Å²) in [6.45, 7) is 3.82. The van der Waals surface area contributed by atoms with E-state index in [1.165, 1.54) is 11.8 Å². The lowest BCUT2D eigenvalue weighted by Gasteiger charge is -2.05. The molecular formula is C12H13N3OS. The third-order valence-electron chi connectivity index (χ3n) is 2.29. The zero-order valence-corrected chi connectivity index (χ0v) is 10.5. The second-order valence-electron chi connectivity index (χ2n) is 3.75. The number of hydrogen-bond acceptors (Lipinski definition) is 4. The molecule has 0 saturated heterocycles. The zero-order valence-electron chi connectivity index (χ0n) is 9.65. The number of amidine groups is 1. The van der Waals surface area contributed by atoms with E-state index in [1.807, 2.05) is 32.0 Å². The summed E-state index contributed by atoms with van der Waals surface area (Å²) in [5.41, 5.74) is 8.07. The Balaban J connectivity index is 2.23. The van der Waals surface area contributed by atoms with E-state index in [4.69, 9.17) is 15.6 Å². The van der Waals surface area contributed by atoms with Crippen molar-refractivity contribution in [2.24, 2.45) is 5.73 Å². The molecule has 2 rings (SSSR count). The molecule has 0 atom stereocenters. The molecule has 0 spiro atoms. The van der Waals surface area contributed by atoms with E-state index >= 15 is 0 Å². The number of nitrogen functional groups attached to an aromatic ring is 1. The van der Waals surface area contributed by atoms with Gasteiger partial charge in [0.05, 0.1) is 5.69 Å². The Morgan fingerprint density at radius 2 is 2.18 bits per heavy atom. The van der Waals surface area contributed by atoms with Crippen molar-refractivity contribution >= 4 is 17.6 Å². The highest BCUT2D eigenvalue weighted by atomic mass is 32.2. The maximum Gasteiger partial charge on any atom is 0.260 e. The number of nitrogens with zero attached hydrogens (tertiary/aromatic N) is 1. The molecule has 0 aliphatic carbocycles. The summed E-state index contributed by atoms with van der Waals surface area (Å²) in [7, 11) is 0. The second kappa shape index (κ2) is 4.63. The predicted octanol–water partition coefficient (Wildman–Crippen LogP) is 2.73. The van der Waals surface area contributed by atoms with Gasteiger partial charge in [-0.05, 0) is 49.4 Å². The van der Waals surface area contributed by atoms with E-state index in [0.717, 1.165) is 21.7 Å². The fraction of sp³-hybridized carbons (Fsp3) is 0.167.